The maximum Gasteiger partial charge on any atom is 0.139 e. The van der Waals surface area contributed by atoms with Gasteiger partial charge in [-0.1, -0.05) is 35.9 Å². The molecule has 28 heavy (non-hydrogen) atoms. The van der Waals surface area contributed by atoms with E-state index in [9.17, 15) is 0 Å². The van der Waals surface area contributed by atoms with Gasteiger partial charge in [-0.2, -0.15) is 0 Å². The van der Waals surface area contributed by atoms with Crippen molar-refractivity contribution in [3.05, 3.63) is 95.1 Å². The van der Waals surface area contributed by atoms with Crippen LogP contribution in [0.25, 0.3) is 11.0 Å². The lowest BCUT2D eigenvalue weighted by Gasteiger charge is -2.17. The van der Waals surface area contributed by atoms with Crippen LogP contribution in [0.15, 0.2) is 67.0 Å². The minimum atomic E-state index is -0.120. The fourth-order valence-corrected chi connectivity index (χ4v) is 3.49. The van der Waals surface area contributed by atoms with E-state index >= 15 is 0 Å². The topological polar surface area (TPSA) is 39.9 Å². The number of ether oxygens (including phenoxy) is 1. The summed E-state index contributed by atoms with van der Waals surface area (Å²) >= 11 is 0. The van der Waals surface area contributed by atoms with Gasteiger partial charge in [-0.05, 0) is 61.7 Å². The van der Waals surface area contributed by atoms with Gasteiger partial charge in [-0.25, -0.2) is 4.98 Å². The largest absolute Gasteiger partial charge is 0.366 e. The van der Waals surface area contributed by atoms with Gasteiger partial charge in [0, 0.05) is 18.9 Å². The number of para-hydroxylation sites is 2. The molecule has 4 aromatic rings. The fraction of sp³-hybridized carbons (Fsp3) is 0.250. The van der Waals surface area contributed by atoms with Crippen molar-refractivity contribution in [2.24, 2.45) is 0 Å². The average molecular weight is 371 g/mol. The Hall–Kier alpha value is -2.98. The Bertz CT molecular complexity index is 1090. The monoisotopic (exact) mass is 371 g/mol. The summed E-state index contributed by atoms with van der Waals surface area (Å²) in [5, 5.41) is 0. The summed E-state index contributed by atoms with van der Waals surface area (Å²) in [6.07, 6.45) is 3.46. The van der Waals surface area contributed by atoms with Gasteiger partial charge in [0.05, 0.1) is 17.6 Å². The normalized spacial score (nSPS) is 12.4. The number of aryl methyl sites for hydroxylation is 2. The second-order valence-electron chi connectivity index (χ2n) is 7.28. The fourth-order valence-electron chi connectivity index (χ4n) is 3.49. The molecule has 4 rings (SSSR count). The Morgan fingerprint density at radius 3 is 2.61 bits per heavy atom. The van der Waals surface area contributed by atoms with Crippen LogP contribution in [0.4, 0.5) is 0 Å². The Kier molecular flexibility index (Phi) is 5.22. The number of benzene rings is 2. The molecule has 0 aliphatic carbocycles. The molecule has 0 fully saturated rings. The van der Waals surface area contributed by atoms with Crippen LogP contribution in [0, 0.1) is 13.8 Å². The molecule has 0 spiro atoms. The van der Waals surface area contributed by atoms with E-state index in [0.29, 0.717) is 6.61 Å². The maximum atomic E-state index is 6.16. The van der Waals surface area contributed by atoms with Crippen LogP contribution in [0.5, 0.6) is 0 Å². The zero-order valence-electron chi connectivity index (χ0n) is 16.6. The van der Waals surface area contributed by atoms with Gasteiger partial charge in [0.25, 0.3) is 0 Å². The van der Waals surface area contributed by atoms with Crippen molar-refractivity contribution in [3.63, 3.8) is 0 Å². The van der Waals surface area contributed by atoms with Crippen LogP contribution in [-0.2, 0) is 17.9 Å². The van der Waals surface area contributed by atoms with E-state index in [1.807, 2.05) is 18.2 Å². The minimum absolute atomic E-state index is 0.120. The number of nitrogens with zero attached hydrogens (tertiary/aromatic N) is 3. The standard InChI is InChI=1S/C24H25N3O/c1-17-8-9-18(2)21(14-17)15-27-23-7-5-4-6-22(23)26-24(27)19(3)28-16-20-10-12-25-13-11-20/h4-14,19H,15-16H2,1-3H3. The van der Waals surface area contributed by atoms with Crippen LogP contribution in [0.3, 0.4) is 0 Å². The van der Waals surface area contributed by atoms with Gasteiger partial charge in [0.15, 0.2) is 0 Å². The SMILES string of the molecule is Cc1ccc(C)c(Cn2c(C(C)OCc3ccncc3)nc3ccccc32)c1. The number of rotatable bonds is 6. The molecule has 0 saturated carbocycles. The van der Waals surface area contributed by atoms with Crippen molar-refractivity contribution in [3.8, 4) is 0 Å². The average Bonchev–Trinajstić information content (AvgIpc) is 3.08. The van der Waals surface area contributed by atoms with E-state index in [2.05, 4.69) is 66.7 Å². The van der Waals surface area contributed by atoms with Gasteiger partial charge in [-0.3, -0.25) is 4.98 Å². The first-order valence-electron chi connectivity index (χ1n) is 9.63. The van der Waals surface area contributed by atoms with Crippen molar-refractivity contribution in [2.75, 3.05) is 0 Å². The minimum Gasteiger partial charge on any atom is -0.366 e. The van der Waals surface area contributed by atoms with Crippen LogP contribution in [0.2, 0.25) is 0 Å². The number of hydrogen-bond donors (Lipinski definition) is 0. The number of aromatic nitrogens is 3. The molecule has 4 heteroatoms. The molecule has 142 valence electrons. The van der Waals surface area contributed by atoms with Crippen molar-refractivity contribution in [2.45, 2.75) is 40.0 Å². The van der Waals surface area contributed by atoms with Gasteiger partial charge >= 0.3 is 0 Å². The van der Waals surface area contributed by atoms with Crippen molar-refractivity contribution >= 4 is 11.0 Å². The Labute approximate surface area is 165 Å². The summed E-state index contributed by atoms with van der Waals surface area (Å²) in [4.78, 5) is 8.96. The molecule has 0 bridgehead atoms. The second kappa shape index (κ2) is 7.95. The highest BCUT2D eigenvalue weighted by Gasteiger charge is 2.18. The quantitative estimate of drug-likeness (QED) is 0.457. The molecular weight excluding hydrogens is 346 g/mol. The van der Waals surface area contributed by atoms with Crippen LogP contribution < -0.4 is 0 Å². The molecule has 2 aromatic heterocycles. The first kappa shape index (κ1) is 18.4. The summed E-state index contributed by atoms with van der Waals surface area (Å²) in [6, 6.07) is 18.9. The lowest BCUT2D eigenvalue weighted by Crippen LogP contribution is -2.11. The van der Waals surface area contributed by atoms with Gasteiger partial charge < -0.3 is 9.30 Å². The number of fused-ring (bicyclic) bond motifs is 1. The highest BCUT2D eigenvalue weighted by Crippen LogP contribution is 2.26. The highest BCUT2D eigenvalue weighted by atomic mass is 16.5. The van der Waals surface area contributed by atoms with Gasteiger partial charge in [-0.15, -0.1) is 0 Å². The highest BCUT2D eigenvalue weighted by molar-refractivity contribution is 5.76. The van der Waals surface area contributed by atoms with Crippen molar-refractivity contribution in [1.29, 1.82) is 0 Å². The summed E-state index contributed by atoms with van der Waals surface area (Å²) in [5.74, 6) is 0.955. The zero-order valence-corrected chi connectivity index (χ0v) is 16.6. The number of imidazole rings is 1. The number of hydrogen-bond acceptors (Lipinski definition) is 3. The van der Waals surface area contributed by atoms with Crippen molar-refractivity contribution < 1.29 is 4.74 Å². The third-order valence-corrected chi connectivity index (χ3v) is 5.13. The summed E-state index contributed by atoms with van der Waals surface area (Å²) in [7, 11) is 0. The molecule has 2 heterocycles. The molecule has 1 unspecified atom stereocenters. The molecule has 0 saturated heterocycles. The van der Waals surface area contributed by atoms with Crippen LogP contribution in [-0.4, -0.2) is 14.5 Å². The summed E-state index contributed by atoms with van der Waals surface area (Å²) in [6.45, 7) is 7.69. The molecule has 4 nitrogen and oxygen atoms in total. The molecule has 1 atom stereocenters. The lowest BCUT2D eigenvalue weighted by molar-refractivity contribution is 0.0449. The van der Waals surface area contributed by atoms with E-state index in [0.717, 1.165) is 29.0 Å². The summed E-state index contributed by atoms with van der Waals surface area (Å²) < 4.78 is 8.45. The van der Waals surface area contributed by atoms with E-state index in [-0.39, 0.29) is 6.10 Å². The van der Waals surface area contributed by atoms with Crippen molar-refractivity contribution in [1.82, 2.24) is 14.5 Å². The predicted molar refractivity (Wildman–Crippen MR) is 112 cm³/mol. The van der Waals surface area contributed by atoms with Crippen LogP contribution in [0.1, 0.15) is 41.1 Å². The first-order chi connectivity index (χ1) is 13.6. The first-order valence-corrected chi connectivity index (χ1v) is 9.63. The third kappa shape index (κ3) is 3.82. The van der Waals surface area contributed by atoms with E-state index in [4.69, 9.17) is 9.72 Å². The van der Waals surface area contributed by atoms with E-state index in [1.54, 1.807) is 12.4 Å². The molecule has 2 aromatic carbocycles. The van der Waals surface area contributed by atoms with E-state index < -0.39 is 0 Å². The molecule has 0 aliphatic rings. The molecule has 0 radical (unpaired) electrons. The Morgan fingerprint density at radius 1 is 1.00 bits per heavy atom. The zero-order chi connectivity index (χ0) is 19.5. The van der Waals surface area contributed by atoms with E-state index in [1.165, 1.54) is 16.7 Å². The van der Waals surface area contributed by atoms with Crippen LogP contribution >= 0.6 is 0 Å². The molecule has 0 amide bonds. The Morgan fingerprint density at radius 2 is 1.79 bits per heavy atom. The lowest BCUT2D eigenvalue weighted by atomic mass is 10.1. The number of pyridine rings is 1. The maximum absolute atomic E-state index is 6.16. The van der Waals surface area contributed by atoms with Gasteiger partial charge in [0.2, 0.25) is 0 Å². The molecule has 0 aliphatic heterocycles. The molecular formula is C24H25N3O. The Balaban J connectivity index is 1.67. The molecule has 0 N–H and O–H groups in total. The van der Waals surface area contributed by atoms with Gasteiger partial charge in [0.1, 0.15) is 11.9 Å². The smallest absolute Gasteiger partial charge is 0.139 e. The summed E-state index contributed by atoms with van der Waals surface area (Å²) in [5.41, 5.74) is 7.12. The second-order valence-corrected chi connectivity index (χ2v) is 7.28. The third-order valence-electron chi connectivity index (χ3n) is 5.13. The predicted octanol–water partition coefficient (Wildman–Crippen LogP) is 5.37.